The lowest BCUT2D eigenvalue weighted by atomic mass is 10.0. The molecule has 2 aromatic heterocycles. The van der Waals surface area contributed by atoms with Crippen molar-refractivity contribution in [3.8, 4) is 0 Å². The van der Waals surface area contributed by atoms with Crippen LogP contribution in [-0.2, 0) is 4.74 Å². The smallest absolute Gasteiger partial charge is 0.341 e. The zero-order valence-electron chi connectivity index (χ0n) is 14.2. The number of ether oxygens (including phenoxy) is 1. The van der Waals surface area contributed by atoms with Crippen LogP contribution in [0.5, 0.6) is 0 Å². The number of nitrogens with one attached hydrogen (secondary N) is 1. The lowest BCUT2D eigenvalue weighted by molar-refractivity contribution is 0.0315. The van der Waals surface area contributed by atoms with Gasteiger partial charge in [-0.25, -0.2) is 9.78 Å². The monoisotopic (exact) mass is 354 g/mol. The summed E-state index contributed by atoms with van der Waals surface area (Å²) in [4.78, 5) is 32.6. The summed E-state index contributed by atoms with van der Waals surface area (Å²) in [5.74, 6) is -0.770. The van der Waals surface area contributed by atoms with Crippen molar-refractivity contribution in [2.24, 2.45) is 0 Å². The number of H-pyrrole nitrogens is 1. The molecule has 0 aliphatic heterocycles. The Balaban J connectivity index is 1.85. The van der Waals surface area contributed by atoms with Crippen molar-refractivity contribution in [3.05, 3.63) is 59.4 Å². The quantitative estimate of drug-likeness (QED) is 0.426. The van der Waals surface area contributed by atoms with Crippen molar-refractivity contribution in [1.29, 1.82) is 0 Å². The Kier molecular flexibility index (Phi) is 4.90. The number of rotatable bonds is 5. The van der Waals surface area contributed by atoms with Crippen molar-refractivity contribution in [1.82, 2.24) is 9.97 Å². The highest BCUT2D eigenvalue weighted by molar-refractivity contribution is 7.98. The maximum atomic E-state index is 12.8. The number of thioether (sulfide) groups is 1. The molecule has 6 heteroatoms. The van der Waals surface area contributed by atoms with Crippen molar-refractivity contribution in [2.75, 3.05) is 6.26 Å². The fraction of sp³-hybridized carbons (Fsp3) is 0.211. The van der Waals surface area contributed by atoms with E-state index in [1.165, 1.54) is 11.8 Å². The number of pyridine rings is 1. The molecule has 3 aromatic rings. The summed E-state index contributed by atoms with van der Waals surface area (Å²) >= 11 is 1.36. The molecule has 3 rings (SSSR count). The highest BCUT2D eigenvalue weighted by Gasteiger charge is 2.25. The van der Waals surface area contributed by atoms with Crippen LogP contribution in [0.1, 0.15) is 33.3 Å². The minimum Gasteiger partial charge on any atom is -0.451 e. The third-order valence-electron chi connectivity index (χ3n) is 3.98. The van der Waals surface area contributed by atoms with E-state index in [4.69, 9.17) is 4.74 Å². The zero-order chi connectivity index (χ0) is 18.0. The van der Waals surface area contributed by atoms with Gasteiger partial charge in [-0.15, -0.1) is 11.8 Å². The Bertz CT molecular complexity index is 949. The molecule has 5 nitrogen and oxygen atoms in total. The topological polar surface area (TPSA) is 72.0 Å². The van der Waals surface area contributed by atoms with Crippen molar-refractivity contribution in [3.63, 3.8) is 0 Å². The molecule has 128 valence electrons. The van der Waals surface area contributed by atoms with Gasteiger partial charge < -0.3 is 9.72 Å². The van der Waals surface area contributed by atoms with Gasteiger partial charge in [0.25, 0.3) is 0 Å². The van der Waals surface area contributed by atoms with Gasteiger partial charge in [0.1, 0.15) is 5.03 Å². The van der Waals surface area contributed by atoms with E-state index in [-0.39, 0.29) is 5.78 Å². The van der Waals surface area contributed by atoms with Gasteiger partial charge in [-0.1, -0.05) is 18.2 Å². The molecule has 0 radical (unpaired) electrons. The molecule has 25 heavy (non-hydrogen) atoms. The number of Topliss-reactive ketones (excluding diaryl/α,β-unsaturated/α-hetero) is 1. The molecule has 1 atom stereocenters. The molecule has 1 aromatic carbocycles. The molecular weight excluding hydrogens is 336 g/mol. The highest BCUT2D eigenvalue weighted by atomic mass is 32.2. The first kappa shape index (κ1) is 17.2. The molecule has 0 aliphatic carbocycles. The number of benzene rings is 1. The van der Waals surface area contributed by atoms with Crippen LogP contribution in [0.15, 0.2) is 47.6 Å². The second-order valence-corrected chi connectivity index (χ2v) is 6.44. The Labute approximate surface area is 149 Å². The molecule has 0 amide bonds. The van der Waals surface area contributed by atoms with Crippen LogP contribution < -0.4 is 0 Å². The number of aromatic nitrogens is 2. The first-order valence-corrected chi connectivity index (χ1v) is 9.07. The van der Waals surface area contributed by atoms with Crippen molar-refractivity contribution < 1.29 is 14.3 Å². The molecule has 2 heterocycles. The fourth-order valence-electron chi connectivity index (χ4n) is 2.78. The third kappa shape index (κ3) is 3.30. The number of fused-ring (bicyclic) bond motifs is 1. The number of ketones is 1. The van der Waals surface area contributed by atoms with Gasteiger partial charge in [0.05, 0.1) is 5.56 Å². The zero-order valence-corrected chi connectivity index (χ0v) is 15.0. The van der Waals surface area contributed by atoms with Crippen LogP contribution in [0.3, 0.4) is 0 Å². The van der Waals surface area contributed by atoms with Crippen LogP contribution in [0.2, 0.25) is 0 Å². The summed E-state index contributed by atoms with van der Waals surface area (Å²) in [6, 6.07) is 10.9. The maximum Gasteiger partial charge on any atom is 0.341 e. The number of esters is 1. The second kappa shape index (κ2) is 7.11. The molecule has 0 saturated heterocycles. The van der Waals surface area contributed by atoms with Gasteiger partial charge in [-0.05, 0) is 38.3 Å². The molecule has 0 fully saturated rings. The van der Waals surface area contributed by atoms with Crippen LogP contribution in [0.4, 0.5) is 0 Å². The predicted molar refractivity (Wildman–Crippen MR) is 98.3 cm³/mol. The summed E-state index contributed by atoms with van der Waals surface area (Å²) in [5.41, 5.74) is 2.58. The van der Waals surface area contributed by atoms with Gasteiger partial charge in [0.2, 0.25) is 5.78 Å². The van der Waals surface area contributed by atoms with Crippen LogP contribution in [0, 0.1) is 6.92 Å². The minimum atomic E-state index is -0.889. The van der Waals surface area contributed by atoms with E-state index in [9.17, 15) is 9.59 Å². The minimum absolute atomic E-state index is 0.224. The van der Waals surface area contributed by atoms with E-state index in [0.29, 0.717) is 16.2 Å². The number of aromatic amines is 1. The number of carbonyl (C=O) groups is 2. The van der Waals surface area contributed by atoms with Crippen LogP contribution in [-0.4, -0.2) is 34.1 Å². The number of hydrogen-bond donors (Lipinski definition) is 1. The number of aryl methyl sites for hydroxylation is 1. The molecule has 1 N–H and O–H groups in total. The molecular formula is C19H18N2O3S. The summed E-state index contributed by atoms with van der Waals surface area (Å²) in [7, 11) is 0. The maximum absolute atomic E-state index is 12.8. The molecule has 0 bridgehead atoms. The Morgan fingerprint density at radius 1 is 1.20 bits per heavy atom. The van der Waals surface area contributed by atoms with Crippen LogP contribution in [0.25, 0.3) is 10.9 Å². The molecule has 0 spiro atoms. The van der Waals surface area contributed by atoms with Crippen molar-refractivity contribution >= 4 is 34.4 Å². The Morgan fingerprint density at radius 3 is 2.72 bits per heavy atom. The van der Waals surface area contributed by atoms with Gasteiger partial charge >= 0.3 is 5.97 Å². The molecule has 0 saturated carbocycles. The largest absolute Gasteiger partial charge is 0.451 e. The molecule has 1 unspecified atom stereocenters. The Morgan fingerprint density at radius 2 is 1.96 bits per heavy atom. The van der Waals surface area contributed by atoms with Crippen molar-refractivity contribution in [2.45, 2.75) is 25.0 Å². The average Bonchev–Trinajstić information content (AvgIpc) is 2.96. The van der Waals surface area contributed by atoms with Gasteiger partial charge in [-0.2, -0.15) is 0 Å². The van der Waals surface area contributed by atoms with E-state index >= 15 is 0 Å². The number of carbonyl (C=O) groups excluding carboxylic acids is 2. The fourth-order valence-corrected chi connectivity index (χ4v) is 3.32. The third-order valence-corrected chi connectivity index (χ3v) is 4.69. The van der Waals surface area contributed by atoms with Gasteiger partial charge in [0.15, 0.2) is 6.10 Å². The lowest BCUT2D eigenvalue weighted by Gasteiger charge is -2.13. The summed E-state index contributed by atoms with van der Waals surface area (Å²) in [6.45, 7) is 3.44. The highest BCUT2D eigenvalue weighted by Crippen LogP contribution is 2.24. The summed E-state index contributed by atoms with van der Waals surface area (Å²) < 4.78 is 5.41. The van der Waals surface area contributed by atoms with Crippen LogP contribution >= 0.6 is 11.8 Å². The number of nitrogens with zero attached hydrogens (tertiary/aromatic N) is 1. The van der Waals surface area contributed by atoms with E-state index in [1.807, 2.05) is 37.4 Å². The average molecular weight is 354 g/mol. The van der Waals surface area contributed by atoms with Gasteiger partial charge in [0, 0.05) is 28.4 Å². The van der Waals surface area contributed by atoms with Gasteiger partial charge in [-0.3, -0.25) is 4.79 Å². The lowest BCUT2D eigenvalue weighted by Crippen LogP contribution is -2.25. The normalized spacial score (nSPS) is 12.1. The predicted octanol–water partition coefficient (Wildman–Crippen LogP) is 4.02. The molecule has 0 aliphatic rings. The van der Waals surface area contributed by atoms with E-state index in [0.717, 1.165) is 16.6 Å². The second-order valence-electron chi connectivity index (χ2n) is 5.64. The summed E-state index contributed by atoms with van der Waals surface area (Å²) in [5, 5.41) is 1.41. The number of hydrogen-bond acceptors (Lipinski definition) is 5. The SMILES string of the molecule is CSc1ncccc1C(=O)OC(C)C(=O)c1c(C)[nH]c2ccccc12. The number of para-hydroxylation sites is 1. The first-order chi connectivity index (χ1) is 12.0. The van der Waals surface area contributed by atoms with E-state index in [2.05, 4.69) is 9.97 Å². The van der Waals surface area contributed by atoms with E-state index < -0.39 is 12.1 Å². The standard InChI is InChI=1S/C19H18N2O3S/c1-11-16(13-7-4-5-9-15(13)21-11)17(22)12(2)24-19(23)14-8-6-10-20-18(14)25-3/h4-10,12,21H,1-3H3. The Hall–Kier alpha value is -2.60. The van der Waals surface area contributed by atoms with E-state index in [1.54, 1.807) is 25.3 Å². The summed E-state index contributed by atoms with van der Waals surface area (Å²) in [6.07, 6.45) is 2.57. The first-order valence-electron chi connectivity index (χ1n) is 7.84.